The van der Waals surface area contributed by atoms with Gasteiger partial charge in [0.25, 0.3) is 0 Å². The molecule has 9 heteroatoms. The summed E-state index contributed by atoms with van der Waals surface area (Å²) in [4.78, 5) is 19.2. The van der Waals surface area contributed by atoms with Crippen LogP contribution in [0.1, 0.15) is 12.8 Å². The number of oxime groups is 1. The van der Waals surface area contributed by atoms with Gasteiger partial charge in [0.1, 0.15) is 6.04 Å². The van der Waals surface area contributed by atoms with Crippen LogP contribution in [0.2, 0.25) is 0 Å². The van der Waals surface area contributed by atoms with Gasteiger partial charge in [0.05, 0.1) is 0 Å². The number of rotatable bonds is 6. The van der Waals surface area contributed by atoms with Crippen LogP contribution in [0, 0.1) is 0 Å². The Labute approximate surface area is 92.6 Å². The van der Waals surface area contributed by atoms with Crippen molar-refractivity contribution in [2.45, 2.75) is 18.9 Å². The summed E-state index contributed by atoms with van der Waals surface area (Å²) >= 11 is 0. The monoisotopic (exact) mass is 233 g/mol. The largest absolute Gasteiger partial charge is 0.370 e. The molecule has 0 bridgehead atoms. The second-order valence-corrected chi connectivity index (χ2v) is 2.98. The van der Waals surface area contributed by atoms with Crippen LogP contribution in [0.15, 0.2) is 10.1 Å². The molecular formula is C7H17N7O2. The zero-order valence-electron chi connectivity index (χ0n) is 8.80. The Morgan fingerprint density at radius 2 is 2.00 bits per heavy atom. The summed E-state index contributed by atoms with van der Waals surface area (Å²) in [6.45, 7) is 0.394. The third kappa shape index (κ3) is 7.38. The van der Waals surface area contributed by atoms with Crippen molar-refractivity contribution < 1.29 is 9.63 Å². The summed E-state index contributed by atoms with van der Waals surface area (Å²) in [5, 5.41) is 3.08. The molecule has 0 unspecified atom stereocenters. The van der Waals surface area contributed by atoms with Gasteiger partial charge in [-0.2, -0.15) is 0 Å². The average molecular weight is 233 g/mol. The highest BCUT2D eigenvalue weighted by molar-refractivity contribution is 5.79. The summed E-state index contributed by atoms with van der Waals surface area (Å²) in [6.07, 6.45) is 0.922. The van der Waals surface area contributed by atoms with E-state index in [1.807, 2.05) is 0 Å². The lowest BCUT2D eigenvalue weighted by molar-refractivity contribution is -0.145. The van der Waals surface area contributed by atoms with E-state index in [0.29, 0.717) is 19.4 Å². The van der Waals surface area contributed by atoms with Gasteiger partial charge in [-0.25, -0.2) is 4.79 Å². The normalized spacial score (nSPS) is 11.3. The highest BCUT2D eigenvalue weighted by Crippen LogP contribution is 1.97. The van der Waals surface area contributed by atoms with E-state index >= 15 is 0 Å². The third-order valence-electron chi connectivity index (χ3n) is 1.51. The van der Waals surface area contributed by atoms with Gasteiger partial charge in [0, 0.05) is 6.54 Å². The standard InChI is InChI=1S/C7H17N7O2/c8-4(2-1-3-13-6(9)10)5(15)16-14-7(11)12/h4H,1-3,8H2,(H4,9,10,13)(H4,11,12,14)/t4-/m0/s1/i7+2. The lowest BCUT2D eigenvalue weighted by Crippen LogP contribution is -2.33. The van der Waals surface area contributed by atoms with E-state index in [2.05, 4.69) is 15.0 Å². The first-order chi connectivity index (χ1) is 7.43. The van der Waals surface area contributed by atoms with Crippen LogP contribution in [0.5, 0.6) is 0 Å². The van der Waals surface area contributed by atoms with Crippen molar-refractivity contribution in [1.29, 1.82) is 0 Å². The summed E-state index contributed by atoms with van der Waals surface area (Å²) in [6, 6.07) is -0.808. The molecule has 0 amide bonds. The number of guanidine groups is 2. The van der Waals surface area contributed by atoms with E-state index < -0.39 is 12.0 Å². The Hall–Kier alpha value is -2.03. The molecule has 0 aliphatic carbocycles. The molecular weight excluding hydrogens is 216 g/mol. The van der Waals surface area contributed by atoms with Gasteiger partial charge in [0.15, 0.2) is 5.96 Å². The lowest BCUT2D eigenvalue weighted by Gasteiger charge is -2.06. The van der Waals surface area contributed by atoms with E-state index in [0.717, 1.165) is 0 Å². The molecule has 0 aromatic rings. The van der Waals surface area contributed by atoms with Crippen molar-refractivity contribution in [2.24, 2.45) is 38.8 Å². The molecule has 10 N–H and O–H groups in total. The topological polar surface area (TPSA) is 181 Å². The number of nitrogens with zero attached hydrogens (tertiary/aromatic N) is 2. The number of hydrogen-bond donors (Lipinski definition) is 5. The fourth-order valence-corrected chi connectivity index (χ4v) is 0.803. The van der Waals surface area contributed by atoms with E-state index in [1.54, 1.807) is 0 Å². The summed E-state index contributed by atoms with van der Waals surface area (Å²) in [5.41, 5.74) is 25.6. The molecule has 0 radical (unpaired) electrons. The molecule has 0 aliphatic rings. The van der Waals surface area contributed by atoms with E-state index in [1.165, 1.54) is 0 Å². The first kappa shape index (κ1) is 14.0. The van der Waals surface area contributed by atoms with Crippen LogP contribution in [-0.4, -0.2) is 30.5 Å². The van der Waals surface area contributed by atoms with Crippen LogP contribution < -0.4 is 28.7 Å². The summed E-state index contributed by atoms with van der Waals surface area (Å²) < 4.78 is 0. The van der Waals surface area contributed by atoms with E-state index in [-0.39, 0.29) is 11.9 Å². The summed E-state index contributed by atoms with van der Waals surface area (Å²) in [7, 11) is 0. The predicted molar refractivity (Wildman–Crippen MR) is 59.8 cm³/mol. The number of carbonyl (C=O) groups is 1. The molecule has 0 saturated carbocycles. The number of nitrogens with two attached hydrogens (primary N) is 5. The second kappa shape index (κ2) is 7.29. The molecule has 0 saturated heterocycles. The van der Waals surface area contributed by atoms with Crippen molar-refractivity contribution >= 4 is 17.9 Å². The highest BCUT2D eigenvalue weighted by atomic mass is 16.7. The molecule has 0 spiro atoms. The summed E-state index contributed by atoms with van der Waals surface area (Å²) in [5.74, 6) is -1.06. The molecule has 0 aromatic heterocycles. The molecule has 0 rings (SSSR count). The van der Waals surface area contributed by atoms with Crippen molar-refractivity contribution in [3.05, 3.63) is 0 Å². The SMILES string of the molecule is NC(N)=NCCC[C@H](N)C(=O)ON=[14C](N)N. The smallest absolute Gasteiger partial charge is 0.351 e. The van der Waals surface area contributed by atoms with Crippen molar-refractivity contribution in [2.75, 3.05) is 6.54 Å². The van der Waals surface area contributed by atoms with Crippen molar-refractivity contribution in [3.63, 3.8) is 0 Å². The first-order valence-electron chi connectivity index (χ1n) is 4.54. The van der Waals surface area contributed by atoms with Crippen LogP contribution in [-0.2, 0) is 9.63 Å². The molecule has 0 fully saturated rings. The van der Waals surface area contributed by atoms with Crippen LogP contribution in [0.3, 0.4) is 0 Å². The zero-order valence-corrected chi connectivity index (χ0v) is 8.80. The third-order valence-corrected chi connectivity index (χ3v) is 1.51. The van der Waals surface area contributed by atoms with Gasteiger partial charge in [-0.3, -0.25) is 4.99 Å². The average Bonchev–Trinajstić information content (AvgIpc) is 2.20. The highest BCUT2D eigenvalue weighted by Gasteiger charge is 2.14. The molecule has 92 valence electrons. The van der Waals surface area contributed by atoms with Crippen LogP contribution in [0.4, 0.5) is 0 Å². The van der Waals surface area contributed by atoms with E-state index in [9.17, 15) is 4.79 Å². The van der Waals surface area contributed by atoms with Gasteiger partial charge in [-0.15, -0.1) is 0 Å². The Bertz CT molecular complexity index is 280. The predicted octanol–water partition coefficient (Wildman–Crippen LogP) is -2.90. The maximum atomic E-state index is 11.1. The molecule has 0 aliphatic heterocycles. The first-order valence-corrected chi connectivity index (χ1v) is 4.54. The number of carbonyl (C=O) groups excluding carboxylic acids is 1. The van der Waals surface area contributed by atoms with Crippen molar-refractivity contribution in [1.82, 2.24) is 0 Å². The minimum atomic E-state index is -0.808. The van der Waals surface area contributed by atoms with Crippen LogP contribution >= 0.6 is 0 Å². The van der Waals surface area contributed by atoms with Gasteiger partial charge < -0.3 is 33.5 Å². The van der Waals surface area contributed by atoms with Gasteiger partial charge in [-0.05, 0) is 18.0 Å². The Morgan fingerprint density at radius 1 is 1.38 bits per heavy atom. The zero-order chi connectivity index (χ0) is 12.6. The van der Waals surface area contributed by atoms with Crippen LogP contribution in [0.25, 0.3) is 0 Å². The maximum absolute atomic E-state index is 11.1. The second-order valence-electron chi connectivity index (χ2n) is 2.98. The van der Waals surface area contributed by atoms with Crippen molar-refractivity contribution in [3.8, 4) is 0 Å². The Kier molecular flexibility index (Phi) is 6.36. The molecule has 9 nitrogen and oxygen atoms in total. The lowest BCUT2D eigenvalue weighted by atomic mass is 10.2. The molecule has 1 atom stereocenters. The quantitative estimate of drug-likeness (QED) is 0.107. The fourth-order valence-electron chi connectivity index (χ4n) is 0.803. The Balaban J connectivity index is 3.80. The molecule has 16 heavy (non-hydrogen) atoms. The van der Waals surface area contributed by atoms with Gasteiger partial charge >= 0.3 is 5.97 Å². The minimum absolute atomic E-state index is 0.00310. The molecule has 0 heterocycles. The number of aliphatic imine (C=N–C) groups is 1. The number of hydrogen-bond acceptors (Lipinski definition) is 5. The van der Waals surface area contributed by atoms with Gasteiger partial charge in [-0.1, -0.05) is 0 Å². The maximum Gasteiger partial charge on any atom is 0.351 e. The minimum Gasteiger partial charge on any atom is -0.370 e. The Morgan fingerprint density at radius 3 is 2.50 bits per heavy atom. The van der Waals surface area contributed by atoms with E-state index in [4.69, 9.17) is 28.7 Å². The fraction of sp³-hybridized carbons (Fsp3) is 0.571. The molecule has 0 aromatic carbocycles. The van der Waals surface area contributed by atoms with Gasteiger partial charge in [0.2, 0.25) is 5.96 Å².